The number of sulfonamides is 2. The molecule has 4 aliphatic rings. The van der Waals surface area contributed by atoms with Gasteiger partial charge in [-0.1, -0.05) is 24.6 Å². The van der Waals surface area contributed by atoms with Crippen molar-refractivity contribution < 1.29 is 26.3 Å². The third-order valence-corrected chi connectivity index (χ3v) is 12.9. The summed E-state index contributed by atoms with van der Waals surface area (Å²) >= 11 is 6.05. The number of hydrogen-bond donors (Lipinski definition) is 1. The van der Waals surface area contributed by atoms with Crippen LogP contribution in [0.4, 0.5) is 4.39 Å². The zero-order valence-electron chi connectivity index (χ0n) is 21.6. The van der Waals surface area contributed by atoms with Gasteiger partial charge in [-0.15, -0.1) is 0 Å². The first-order valence-corrected chi connectivity index (χ1v) is 16.9. The van der Waals surface area contributed by atoms with Crippen molar-refractivity contribution >= 4 is 31.6 Å². The van der Waals surface area contributed by atoms with Gasteiger partial charge >= 0.3 is 0 Å². The summed E-state index contributed by atoms with van der Waals surface area (Å²) in [5.74, 6) is -0.415. The lowest BCUT2D eigenvalue weighted by Gasteiger charge is -2.46. The molecule has 11 heteroatoms. The van der Waals surface area contributed by atoms with Gasteiger partial charge in [0.2, 0.25) is 20.0 Å². The van der Waals surface area contributed by atoms with Crippen molar-refractivity contribution in [2.75, 3.05) is 18.8 Å². The number of β-amino-alcohol motifs (C(OH)–C–C–N with tert-alkyl or cyclic N) is 1. The molecule has 0 spiro atoms. The molecule has 4 unspecified atom stereocenters. The number of benzene rings is 1. The summed E-state index contributed by atoms with van der Waals surface area (Å²) in [6.45, 7) is 2.34. The molecule has 210 valence electrons. The van der Waals surface area contributed by atoms with Crippen molar-refractivity contribution in [1.82, 2.24) is 8.61 Å². The molecule has 1 saturated carbocycles. The number of halogens is 2. The maximum atomic E-state index is 14.7. The first-order chi connectivity index (χ1) is 17.9. The highest BCUT2D eigenvalue weighted by Gasteiger charge is 2.59. The van der Waals surface area contributed by atoms with Crippen LogP contribution >= 0.6 is 11.6 Å². The predicted octanol–water partition coefficient (Wildman–Crippen LogP) is 4.64. The van der Waals surface area contributed by atoms with Crippen molar-refractivity contribution in [3.8, 4) is 0 Å². The number of hydrogen-bond acceptors (Lipinski definition) is 5. The SMILES string of the molecule is CCC1C=C(C2CCCC(C3(CS(=O)(=O)N4CCC(O)C4)CC3)N2S(=O)(=O)c2ccc(Cl)cc2)C=C(F)C1. The molecule has 4 atom stereocenters. The van der Waals surface area contributed by atoms with Crippen LogP contribution in [0.15, 0.2) is 52.7 Å². The van der Waals surface area contributed by atoms with Crippen LogP contribution in [-0.2, 0) is 20.0 Å². The Morgan fingerprint density at radius 2 is 1.82 bits per heavy atom. The molecule has 0 radical (unpaired) electrons. The Balaban J connectivity index is 1.55. The lowest BCUT2D eigenvalue weighted by molar-refractivity contribution is 0.143. The van der Waals surface area contributed by atoms with Crippen LogP contribution in [0.1, 0.15) is 58.3 Å². The standard InChI is InChI=1S/C27H36ClFN2O5S2/c1-2-19-14-20(16-22(29)15-19)25-4-3-5-26(31(25)38(35,36)24-8-6-21(28)7-9-24)27(11-12-27)18-37(33,34)30-13-10-23(32)17-30/h6-9,14,16,19,23,25-26,32H,2-5,10-13,15,17-18H2,1H3. The molecule has 0 bridgehead atoms. The topological polar surface area (TPSA) is 95.0 Å². The third-order valence-electron chi connectivity index (χ3n) is 8.66. The highest BCUT2D eigenvalue weighted by atomic mass is 35.5. The first kappa shape index (κ1) is 28.2. The number of rotatable bonds is 8. The lowest BCUT2D eigenvalue weighted by Crippen LogP contribution is -2.55. The molecule has 2 saturated heterocycles. The summed E-state index contributed by atoms with van der Waals surface area (Å²) in [7, 11) is -7.75. The van der Waals surface area contributed by atoms with E-state index in [9.17, 15) is 26.3 Å². The van der Waals surface area contributed by atoms with Gasteiger partial charge in [0.1, 0.15) is 5.83 Å². The summed E-state index contributed by atoms with van der Waals surface area (Å²) in [4.78, 5) is 0.0908. The molecule has 1 N–H and O–H groups in total. The Morgan fingerprint density at radius 3 is 2.42 bits per heavy atom. The van der Waals surface area contributed by atoms with Gasteiger partial charge in [-0.3, -0.25) is 0 Å². The van der Waals surface area contributed by atoms with Crippen molar-refractivity contribution in [2.45, 2.75) is 81.4 Å². The van der Waals surface area contributed by atoms with Crippen LogP contribution < -0.4 is 0 Å². The Morgan fingerprint density at radius 1 is 1.11 bits per heavy atom. The Labute approximate surface area is 230 Å². The quantitative estimate of drug-likeness (QED) is 0.479. The molecular weight excluding hydrogens is 551 g/mol. The fourth-order valence-electron chi connectivity index (χ4n) is 6.42. The Kier molecular flexibility index (Phi) is 7.87. The maximum Gasteiger partial charge on any atom is 0.243 e. The van der Waals surface area contributed by atoms with E-state index in [4.69, 9.17) is 11.6 Å². The van der Waals surface area contributed by atoms with Crippen LogP contribution in [0.2, 0.25) is 5.02 Å². The monoisotopic (exact) mass is 586 g/mol. The van der Waals surface area contributed by atoms with Gasteiger partial charge in [-0.05, 0) is 86.8 Å². The molecular formula is C27H36ClFN2O5S2. The van der Waals surface area contributed by atoms with E-state index in [2.05, 4.69) is 0 Å². The lowest BCUT2D eigenvalue weighted by atomic mass is 9.83. The van der Waals surface area contributed by atoms with E-state index in [1.807, 2.05) is 13.0 Å². The highest BCUT2D eigenvalue weighted by molar-refractivity contribution is 7.89. The zero-order valence-corrected chi connectivity index (χ0v) is 24.0. The van der Waals surface area contributed by atoms with E-state index in [0.717, 1.165) is 12.8 Å². The third kappa shape index (κ3) is 5.49. The predicted molar refractivity (Wildman–Crippen MR) is 145 cm³/mol. The summed E-state index contributed by atoms with van der Waals surface area (Å²) in [6.07, 6.45) is 7.27. The van der Waals surface area contributed by atoms with E-state index in [1.165, 1.54) is 39.0 Å². The second-order valence-electron chi connectivity index (χ2n) is 11.3. The van der Waals surface area contributed by atoms with Gasteiger partial charge in [0, 0.05) is 36.0 Å². The number of nitrogens with zero attached hydrogens (tertiary/aromatic N) is 2. The summed E-state index contributed by atoms with van der Waals surface area (Å²) < 4.78 is 72.9. The van der Waals surface area contributed by atoms with E-state index >= 15 is 0 Å². The number of aliphatic hydroxyl groups excluding tert-OH is 1. The average molecular weight is 587 g/mol. The van der Waals surface area contributed by atoms with Crippen molar-refractivity contribution in [2.24, 2.45) is 11.3 Å². The molecule has 2 aliphatic heterocycles. The van der Waals surface area contributed by atoms with Gasteiger partial charge in [0.05, 0.1) is 22.8 Å². The summed E-state index contributed by atoms with van der Waals surface area (Å²) in [6, 6.07) is 4.90. The highest BCUT2D eigenvalue weighted by Crippen LogP contribution is 2.56. The Hall–Kier alpha value is -1.30. The van der Waals surface area contributed by atoms with Gasteiger partial charge in [-0.2, -0.15) is 8.61 Å². The minimum Gasteiger partial charge on any atom is -0.392 e. The molecule has 2 aliphatic carbocycles. The van der Waals surface area contributed by atoms with Gasteiger partial charge < -0.3 is 5.11 Å². The van der Waals surface area contributed by atoms with Crippen molar-refractivity contribution in [3.63, 3.8) is 0 Å². The first-order valence-electron chi connectivity index (χ1n) is 13.5. The molecule has 5 rings (SSSR count). The molecule has 1 aromatic rings. The van der Waals surface area contributed by atoms with Crippen LogP contribution in [0.25, 0.3) is 0 Å². The van der Waals surface area contributed by atoms with Crippen LogP contribution in [0.5, 0.6) is 0 Å². The van der Waals surface area contributed by atoms with E-state index in [1.54, 1.807) is 0 Å². The van der Waals surface area contributed by atoms with Crippen LogP contribution in [-0.4, -0.2) is 67.6 Å². The Bertz CT molecular complexity index is 1330. The minimum atomic E-state index is -4.06. The molecule has 7 nitrogen and oxygen atoms in total. The van der Waals surface area contributed by atoms with Gasteiger partial charge in [0.25, 0.3) is 0 Å². The fourth-order valence-corrected chi connectivity index (χ4v) is 10.7. The van der Waals surface area contributed by atoms with Crippen molar-refractivity contribution in [3.05, 3.63) is 52.8 Å². The number of piperidine rings is 1. The molecule has 38 heavy (non-hydrogen) atoms. The molecule has 0 aromatic heterocycles. The smallest absolute Gasteiger partial charge is 0.243 e. The van der Waals surface area contributed by atoms with E-state index in [-0.39, 0.29) is 35.5 Å². The normalized spacial score (nSPS) is 30.6. The maximum absolute atomic E-state index is 14.7. The summed E-state index contributed by atoms with van der Waals surface area (Å²) in [5.41, 5.74) is -0.0595. The number of aliphatic hydroxyl groups is 1. The molecule has 2 heterocycles. The van der Waals surface area contributed by atoms with Gasteiger partial charge in [-0.25, -0.2) is 21.2 Å². The average Bonchev–Trinajstić information content (AvgIpc) is 3.51. The zero-order chi connectivity index (χ0) is 27.3. The summed E-state index contributed by atoms with van der Waals surface area (Å²) in [5, 5.41) is 10.3. The largest absolute Gasteiger partial charge is 0.392 e. The van der Waals surface area contributed by atoms with Crippen LogP contribution in [0.3, 0.4) is 0 Å². The second kappa shape index (κ2) is 10.6. The van der Waals surface area contributed by atoms with Gasteiger partial charge in [0.15, 0.2) is 0 Å². The van der Waals surface area contributed by atoms with E-state index < -0.39 is 43.6 Å². The number of allylic oxidation sites excluding steroid dienone is 2. The molecule has 3 fully saturated rings. The van der Waals surface area contributed by atoms with Crippen molar-refractivity contribution in [1.29, 1.82) is 0 Å². The molecule has 0 amide bonds. The minimum absolute atomic E-state index is 0.00711. The van der Waals surface area contributed by atoms with E-state index in [0.29, 0.717) is 49.1 Å². The molecule has 1 aromatic carbocycles. The second-order valence-corrected chi connectivity index (χ2v) is 15.5. The van der Waals surface area contributed by atoms with Crippen LogP contribution in [0, 0.1) is 11.3 Å². The fraction of sp³-hybridized carbons (Fsp3) is 0.630.